The number of hydrogen-bond acceptors (Lipinski definition) is 6. The van der Waals surface area contributed by atoms with Crippen LogP contribution >= 0.6 is 0 Å². The normalized spacial score (nSPS) is 10.9. The van der Waals surface area contributed by atoms with Crippen molar-refractivity contribution in [3.63, 3.8) is 0 Å². The Morgan fingerprint density at radius 1 is 0.947 bits per heavy atom. The van der Waals surface area contributed by atoms with Gasteiger partial charge in [0.15, 0.2) is 11.5 Å². The number of unbranched alkanes of at least 4 members (excludes halogenated alkanes) is 1. The van der Waals surface area contributed by atoms with Crippen LogP contribution in [0.5, 0.6) is 11.5 Å². The molecular weight excluding hydrogens is 513 g/mol. The molecule has 0 heterocycles. The fourth-order valence-electron chi connectivity index (χ4n) is 3.61. The second kappa shape index (κ2) is 12.9. The number of nitrogens with one attached hydrogen (secondary N) is 2. The Labute approximate surface area is 221 Å². The van der Waals surface area contributed by atoms with Crippen LogP contribution < -0.4 is 24.4 Å². The van der Waals surface area contributed by atoms with E-state index >= 15 is 0 Å². The number of carbonyl (C=O) groups excluding carboxylic acids is 2. The molecule has 0 atom stereocenters. The van der Waals surface area contributed by atoms with E-state index in [9.17, 15) is 22.4 Å². The number of carbonyl (C=O) groups is 2. The van der Waals surface area contributed by atoms with E-state index in [2.05, 4.69) is 10.6 Å². The van der Waals surface area contributed by atoms with Crippen molar-refractivity contribution in [1.82, 2.24) is 5.32 Å². The summed E-state index contributed by atoms with van der Waals surface area (Å²) in [6, 6.07) is 15.2. The lowest BCUT2D eigenvalue weighted by molar-refractivity contribution is -0.114. The van der Waals surface area contributed by atoms with Crippen LogP contribution in [0.2, 0.25) is 0 Å². The SMILES string of the molecule is CCCCNC(=O)c1ccccc1NC(=O)CN(c1ccc(F)cc1)S(=O)(=O)c1ccc(OC)c(OC)c1. The average Bonchev–Trinajstić information content (AvgIpc) is 2.92. The van der Waals surface area contributed by atoms with Crippen molar-refractivity contribution >= 4 is 33.2 Å². The van der Waals surface area contributed by atoms with E-state index in [1.54, 1.807) is 24.3 Å². The molecule has 38 heavy (non-hydrogen) atoms. The van der Waals surface area contributed by atoms with Crippen LogP contribution in [0.15, 0.2) is 71.6 Å². The minimum absolute atomic E-state index is 0.0712. The molecule has 3 rings (SSSR count). The van der Waals surface area contributed by atoms with Crippen LogP contribution in [0.3, 0.4) is 0 Å². The molecule has 2 amide bonds. The number of para-hydroxylation sites is 1. The summed E-state index contributed by atoms with van der Waals surface area (Å²) in [5, 5.41) is 5.43. The van der Waals surface area contributed by atoms with Crippen molar-refractivity contribution in [3.05, 3.63) is 78.1 Å². The van der Waals surface area contributed by atoms with Gasteiger partial charge in [-0.25, -0.2) is 12.8 Å². The van der Waals surface area contributed by atoms with E-state index < -0.39 is 28.3 Å². The van der Waals surface area contributed by atoms with E-state index in [0.29, 0.717) is 12.3 Å². The summed E-state index contributed by atoms with van der Waals surface area (Å²) in [6.07, 6.45) is 1.72. The predicted molar refractivity (Wildman–Crippen MR) is 143 cm³/mol. The highest BCUT2D eigenvalue weighted by Gasteiger charge is 2.29. The van der Waals surface area contributed by atoms with Gasteiger partial charge in [0, 0.05) is 12.6 Å². The highest BCUT2D eigenvalue weighted by Crippen LogP contribution is 2.32. The number of anilines is 2. The molecule has 3 aromatic carbocycles. The second-order valence-corrected chi connectivity index (χ2v) is 10.1. The predicted octanol–water partition coefficient (Wildman–Crippen LogP) is 4.21. The molecule has 0 spiro atoms. The summed E-state index contributed by atoms with van der Waals surface area (Å²) in [5.41, 5.74) is 0.545. The zero-order chi connectivity index (χ0) is 27.7. The van der Waals surface area contributed by atoms with Crippen molar-refractivity contribution in [2.24, 2.45) is 0 Å². The van der Waals surface area contributed by atoms with Crippen LogP contribution in [0.1, 0.15) is 30.1 Å². The zero-order valence-electron chi connectivity index (χ0n) is 21.4. The molecule has 0 aliphatic heterocycles. The number of rotatable bonds is 12. The number of ether oxygens (including phenoxy) is 2. The first-order valence-electron chi connectivity index (χ1n) is 11.9. The second-order valence-electron chi connectivity index (χ2n) is 8.21. The number of nitrogens with zero attached hydrogens (tertiary/aromatic N) is 1. The van der Waals surface area contributed by atoms with E-state index in [4.69, 9.17) is 9.47 Å². The quantitative estimate of drug-likeness (QED) is 0.331. The smallest absolute Gasteiger partial charge is 0.264 e. The molecule has 0 saturated carbocycles. The molecular formula is C27H30FN3O6S. The maximum Gasteiger partial charge on any atom is 0.264 e. The first-order chi connectivity index (χ1) is 18.2. The molecule has 11 heteroatoms. The average molecular weight is 544 g/mol. The minimum atomic E-state index is -4.32. The van der Waals surface area contributed by atoms with Crippen LogP contribution in [-0.4, -0.2) is 47.5 Å². The Kier molecular flexibility index (Phi) is 9.66. The molecule has 0 aromatic heterocycles. The lowest BCUT2D eigenvalue weighted by atomic mass is 10.1. The van der Waals surface area contributed by atoms with E-state index in [1.165, 1.54) is 44.6 Å². The van der Waals surface area contributed by atoms with Gasteiger partial charge < -0.3 is 20.1 Å². The number of methoxy groups -OCH3 is 2. The first kappa shape index (κ1) is 28.5. The van der Waals surface area contributed by atoms with Gasteiger partial charge in [-0.1, -0.05) is 25.5 Å². The van der Waals surface area contributed by atoms with Gasteiger partial charge in [-0.05, 0) is 55.0 Å². The van der Waals surface area contributed by atoms with Gasteiger partial charge in [0.2, 0.25) is 5.91 Å². The van der Waals surface area contributed by atoms with Gasteiger partial charge in [0.05, 0.1) is 36.1 Å². The van der Waals surface area contributed by atoms with Crippen molar-refractivity contribution < 1.29 is 31.9 Å². The van der Waals surface area contributed by atoms with Crippen molar-refractivity contribution in [2.45, 2.75) is 24.7 Å². The van der Waals surface area contributed by atoms with Crippen molar-refractivity contribution in [1.29, 1.82) is 0 Å². The van der Waals surface area contributed by atoms with E-state index in [0.717, 1.165) is 29.3 Å². The highest BCUT2D eigenvalue weighted by molar-refractivity contribution is 7.92. The molecule has 2 N–H and O–H groups in total. The molecule has 0 aliphatic rings. The lowest BCUT2D eigenvalue weighted by Crippen LogP contribution is -2.38. The molecule has 0 unspecified atom stereocenters. The Morgan fingerprint density at radius 2 is 1.63 bits per heavy atom. The lowest BCUT2D eigenvalue weighted by Gasteiger charge is -2.24. The molecule has 0 fully saturated rings. The van der Waals surface area contributed by atoms with Gasteiger partial charge in [-0.3, -0.25) is 13.9 Å². The zero-order valence-corrected chi connectivity index (χ0v) is 22.2. The molecule has 9 nitrogen and oxygen atoms in total. The minimum Gasteiger partial charge on any atom is -0.493 e. The van der Waals surface area contributed by atoms with E-state index in [1.807, 2.05) is 6.92 Å². The van der Waals surface area contributed by atoms with Crippen LogP contribution in [-0.2, 0) is 14.8 Å². The number of benzene rings is 3. The third-order valence-electron chi connectivity index (χ3n) is 5.61. The van der Waals surface area contributed by atoms with Gasteiger partial charge in [0.1, 0.15) is 12.4 Å². The van der Waals surface area contributed by atoms with Crippen molar-refractivity contribution in [2.75, 3.05) is 36.9 Å². The highest BCUT2D eigenvalue weighted by atomic mass is 32.2. The molecule has 202 valence electrons. The van der Waals surface area contributed by atoms with E-state index in [-0.39, 0.29) is 33.5 Å². The summed E-state index contributed by atoms with van der Waals surface area (Å²) in [6.45, 7) is 1.84. The summed E-state index contributed by atoms with van der Waals surface area (Å²) < 4.78 is 52.3. The maximum absolute atomic E-state index is 13.7. The molecule has 0 bridgehead atoms. The summed E-state index contributed by atoms with van der Waals surface area (Å²) in [5.74, 6) is -1.12. The third-order valence-corrected chi connectivity index (χ3v) is 7.38. The largest absolute Gasteiger partial charge is 0.493 e. The first-order valence-corrected chi connectivity index (χ1v) is 13.3. The number of halogens is 1. The monoisotopic (exact) mass is 543 g/mol. The fraction of sp³-hybridized carbons (Fsp3) is 0.259. The Bertz CT molecular complexity index is 1380. The van der Waals surface area contributed by atoms with Crippen molar-refractivity contribution in [3.8, 4) is 11.5 Å². The van der Waals surface area contributed by atoms with Crippen LogP contribution in [0.4, 0.5) is 15.8 Å². The summed E-state index contributed by atoms with van der Waals surface area (Å²) in [7, 11) is -1.53. The van der Waals surface area contributed by atoms with Gasteiger partial charge >= 0.3 is 0 Å². The standard InChI is InChI=1S/C27H30FN3O6S/c1-4-5-16-29-27(33)22-8-6-7-9-23(22)30-26(32)18-31(20-12-10-19(28)11-13-20)38(34,35)21-14-15-24(36-2)25(17-21)37-3/h6-15,17H,4-5,16,18H2,1-3H3,(H,29,33)(H,30,32). The fourth-order valence-corrected chi connectivity index (χ4v) is 5.05. The molecule has 0 saturated heterocycles. The Balaban J connectivity index is 1.93. The van der Waals surface area contributed by atoms with Gasteiger partial charge in [-0.15, -0.1) is 0 Å². The maximum atomic E-state index is 13.7. The van der Waals surface area contributed by atoms with Crippen LogP contribution in [0.25, 0.3) is 0 Å². The Hall–Kier alpha value is -4.12. The molecule has 3 aromatic rings. The summed E-state index contributed by atoms with van der Waals surface area (Å²) >= 11 is 0. The molecule has 0 radical (unpaired) electrons. The number of amides is 2. The third kappa shape index (κ3) is 6.80. The molecule has 0 aliphatic carbocycles. The summed E-state index contributed by atoms with van der Waals surface area (Å²) in [4.78, 5) is 25.6. The van der Waals surface area contributed by atoms with Gasteiger partial charge in [0.25, 0.3) is 15.9 Å². The number of sulfonamides is 1. The van der Waals surface area contributed by atoms with Gasteiger partial charge in [-0.2, -0.15) is 0 Å². The Morgan fingerprint density at radius 3 is 2.29 bits per heavy atom. The number of hydrogen-bond donors (Lipinski definition) is 2. The van der Waals surface area contributed by atoms with Crippen LogP contribution in [0, 0.1) is 5.82 Å². The topological polar surface area (TPSA) is 114 Å².